The van der Waals surface area contributed by atoms with Crippen molar-refractivity contribution in [2.24, 2.45) is 17.1 Å². The highest BCUT2D eigenvalue weighted by molar-refractivity contribution is 5.82. The number of nitrogens with zero attached hydrogens (tertiary/aromatic N) is 2. The molecule has 1 aliphatic carbocycles. The number of piperazine rings is 1. The number of hydrogen-bond donors (Lipinski definition) is 2. The van der Waals surface area contributed by atoms with Crippen molar-refractivity contribution in [3.63, 3.8) is 0 Å². The summed E-state index contributed by atoms with van der Waals surface area (Å²) in [7, 11) is 2.11. The number of likely N-dealkylation sites (N-methyl/N-ethyl adjacent to an activating group) is 1. The Morgan fingerprint density at radius 3 is 2.37 bits per heavy atom. The zero-order chi connectivity index (χ0) is 13.9. The van der Waals surface area contributed by atoms with Gasteiger partial charge >= 0.3 is 0 Å². The zero-order valence-corrected chi connectivity index (χ0v) is 12.3. The van der Waals surface area contributed by atoms with Gasteiger partial charge in [0.2, 0.25) is 5.91 Å². The smallest absolute Gasteiger partial charge is 0.241 e. The molecule has 1 heterocycles. The molecule has 2 fully saturated rings. The summed E-state index contributed by atoms with van der Waals surface area (Å²) in [6, 6.07) is 0. The first-order valence-corrected chi connectivity index (χ1v) is 7.50. The van der Waals surface area contributed by atoms with E-state index >= 15 is 0 Å². The van der Waals surface area contributed by atoms with Crippen LogP contribution in [0.3, 0.4) is 0 Å². The molecule has 1 saturated carbocycles. The number of carbonyl (C=O) groups excluding carboxylic acids is 1. The van der Waals surface area contributed by atoms with Crippen LogP contribution in [0.4, 0.5) is 0 Å². The molecule has 0 bridgehead atoms. The van der Waals surface area contributed by atoms with E-state index in [0.29, 0.717) is 6.54 Å². The minimum Gasteiger partial charge on any atom is -0.329 e. The highest BCUT2D eigenvalue weighted by Crippen LogP contribution is 2.38. The van der Waals surface area contributed by atoms with E-state index in [0.717, 1.165) is 57.8 Å². The van der Waals surface area contributed by atoms with Gasteiger partial charge in [-0.15, -0.1) is 0 Å². The Bertz CT molecular complexity index is 305. The number of nitrogens with two attached hydrogens (primary N) is 1. The third-order valence-electron chi connectivity index (χ3n) is 4.87. The van der Waals surface area contributed by atoms with Crippen molar-refractivity contribution in [1.29, 1.82) is 0 Å². The van der Waals surface area contributed by atoms with E-state index in [-0.39, 0.29) is 11.3 Å². The van der Waals surface area contributed by atoms with Gasteiger partial charge in [0.1, 0.15) is 0 Å². The van der Waals surface area contributed by atoms with E-state index in [1.807, 2.05) is 0 Å². The second-order valence-electron chi connectivity index (χ2n) is 6.40. The second kappa shape index (κ2) is 6.20. The predicted molar refractivity (Wildman–Crippen MR) is 76.3 cm³/mol. The Balaban J connectivity index is 1.90. The van der Waals surface area contributed by atoms with Crippen LogP contribution in [-0.4, -0.2) is 55.6 Å². The van der Waals surface area contributed by atoms with Crippen LogP contribution in [0.5, 0.6) is 0 Å². The van der Waals surface area contributed by atoms with Gasteiger partial charge in [0.15, 0.2) is 0 Å². The molecular weight excluding hydrogens is 240 g/mol. The fourth-order valence-electron chi connectivity index (χ4n) is 3.02. The summed E-state index contributed by atoms with van der Waals surface area (Å²) in [6.07, 6.45) is 4.11. The molecule has 0 unspecified atom stereocenters. The molecule has 0 aromatic carbocycles. The highest BCUT2D eigenvalue weighted by Gasteiger charge is 2.40. The summed E-state index contributed by atoms with van der Waals surface area (Å²) in [5, 5.41) is 2.05. The lowest BCUT2D eigenvalue weighted by atomic mass is 9.70. The Labute approximate surface area is 116 Å². The van der Waals surface area contributed by atoms with Crippen LogP contribution in [0.25, 0.3) is 0 Å². The third-order valence-corrected chi connectivity index (χ3v) is 4.87. The number of carbonyl (C=O) groups is 1. The van der Waals surface area contributed by atoms with Crippen molar-refractivity contribution in [2.45, 2.75) is 32.6 Å². The van der Waals surface area contributed by atoms with Crippen molar-refractivity contribution >= 4 is 5.91 Å². The molecule has 19 heavy (non-hydrogen) atoms. The SMILES string of the molecule is CC1CCC(CN)(C(=O)NN2CCN(C)CC2)CC1. The van der Waals surface area contributed by atoms with Gasteiger partial charge in [-0.3, -0.25) is 10.2 Å². The fraction of sp³-hybridized carbons (Fsp3) is 0.929. The molecule has 2 rings (SSSR count). The molecule has 1 saturated heterocycles. The molecule has 3 N–H and O–H groups in total. The third kappa shape index (κ3) is 3.46. The van der Waals surface area contributed by atoms with Gasteiger partial charge in [0.05, 0.1) is 5.41 Å². The van der Waals surface area contributed by atoms with Crippen molar-refractivity contribution in [1.82, 2.24) is 15.3 Å². The van der Waals surface area contributed by atoms with E-state index < -0.39 is 0 Å². The van der Waals surface area contributed by atoms with E-state index in [4.69, 9.17) is 5.73 Å². The van der Waals surface area contributed by atoms with Crippen molar-refractivity contribution in [2.75, 3.05) is 39.8 Å². The van der Waals surface area contributed by atoms with Gasteiger partial charge in [0, 0.05) is 32.7 Å². The minimum absolute atomic E-state index is 0.145. The van der Waals surface area contributed by atoms with Crippen LogP contribution < -0.4 is 11.2 Å². The Morgan fingerprint density at radius 1 is 1.26 bits per heavy atom. The number of amides is 1. The zero-order valence-electron chi connectivity index (χ0n) is 12.3. The molecule has 0 aromatic heterocycles. The Morgan fingerprint density at radius 2 is 1.84 bits per heavy atom. The van der Waals surface area contributed by atoms with Gasteiger partial charge in [-0.25, -0.2) is 5.01 Å². The number of hydrazine groups is 1. The van der Waals surface area contributed by atoms with E-state index in [9.17, 15) is 4.79 Å². The lowest BCUT2D eigenvalue weighted by Crippen LogP contribution is -2.57. The number of rotatable bonds is 3. The maximum absolute atomic E-state index is 12.6. The molecular formula is C14H28N4O. The molecule has 1 aliphatic heterocycles. The molecule has 5 heteroatoms. The summed E-state index contributed by atoms with van der Waals surface area (Å²) < 4.78 is 0. The van der Waals surface area contributed by atoms with E-state index in [1.54, 1.807) is 0 Å². The summed E-state index contributed by atoms with van der Waals surface area (Å²) >= 11 is 0. The first-order valence-electron chi connectivity index (χ1n) is 7.50. The first kappa shape index (κ1) is 14.8. The molecule has 5 nitrogen and oxygen atoms in total. The number of nitrogens with one attached hydrogen (secondary N) is 1. The molecule has 0 radical (unpaired) electrons. The second-order valence-corrected chi connectivity index (χ2v) is 6.40. The van der Waals surface area contributed by atoms with E-state index in [1.165, 1.54) is 0 Å². The van der Waals surface area contributed by atoms with Gasteiger partial charge in [-0.1, -0.05) is 6.92 Å². The molecule has 2 aliphatic rings. The standard InChI is InChI=1S/C14H28N4O/c1-12-3-5-14(11-15,6-4-12)13(19)16-18-9-7-17(2)8-10-18/h12H,3-11,15H2,1-2H3,(H,16,19). The molecule has 0 aromatic rings. The average molecular weight is 268 g/mol. The lowest BCUT2D eigenvalue weighted by molar-refractivity contribution is -0.139. The summed E-state index contributed by atoms with van der Waals surface area (Å²) in [6.45, 7) is 6.55. The van der Waals surface area contributed by atoms with Crippen LogP contribution in [-0.2, 0) is 4.79 Å². The molecule has 1 amide bonds. The Kier molecular flexibility index (Phi) is 4.81. The van der Waals surface area contributed by atoms with Gasteiger partial charge in [0.25, 0.3) is 0 Å². The van der Waals surface area contributed by atoms with Crippen molar-refractivity contribution in [3.05, 3.63) is 0 Å². The highest BCUT2D eigenvalue weighted by atomic mass is 16.2. The van der Waals surface area contributed by atoms with Crippen molar-refractivity contribution in [3.8, 4) is 0 Å². The van der Waals surface area contributed by atoms with Gasteiger partial charge in [-0.05, 0) is 38.6 Å². The summed E-state index contributed by atoms with van der Waals surface area (Å²) in [5.41, 5.74) is 8.70. The monoisotopic (exact) mass is 268 g/mol. The average Bonchev–Trinajstić information content (AvgIpc) is 2.42. The summed E-state index contributed by atoms with van der Waals surface area (Å²) in [4.78, 5) is 14.8. The summed E-state index contributed by atoms with van der Waals surface area (Å²) in [5.74, 6) is 0.877. The molecule has 0 spiro atoms. The van der Waals surface area contributed by atoms with Crippen LogP contribution in [0.1, 0.15) is 32.6 Å². The van der Waals surface area contributed by atoms with Crippen LogP contribution in [0.15, 0.2) is 0 Å². The lowest BCUT2D eigenvalue weighted by Gasteiger charge is -2.40. The topological polar surface area (TPSA) is 61.6 Å². The van der Waals surface area contributed by atoms with E-state index in [2.05, 4.69) is 29.3 Å². The van der Waals surface area contributed by atoms with Crippen molar-refractivity contribution < 1.29 is 4.79 Å². The molecule has 0 atom stereocenters. The largest absolute Gasteiger partial charge is 0.329 e. The first-order chi connectivity index (χ1) is 9.05. The fourth-order valence-corrected chi connectivity index (χ4v) is 3.02. The quantitative estimate of drug-likeness (QED) is 0.779. The molecule has 110 valence electrons. The Hall–Kier alpha value is -0.650. The minimum atomic E-state index is -0.324. The van der Waals surface area contributed by atoms with Crippen LogP contribution in [0.2, 0.25) is 0 Å². The van der Waals surface area contributed by atoms with Crippen LogP contribution in [0, 0.1) is 11.3 Å². The normalized spacial score (nSPS) is 34.2. The van der Waals surface area contributed by atoms with Crippen LogP contribution >= 0.6 is 0 Å². The number of hydrogen-bond acceptors (Lipinski definition) is 4. The van der Waals surface area contributed by atoms with Gasteiger partial charge < -0.3 is 10.6 Å². The maximum Gasteiger partial charge on any atom is 0.241 e. The van der Waals surface area contributed by atoms with Gasteiger partial charge in [-0.2, -0.15) is 0 Å². The maximum atomic E-state index is 12.6. The predicted octanol–water partition coefficient (Wildman–Crippen LogP) is 0.420.